The second-order valence-corrected chi connectivity index (χ2v) is 15.6. The van der Waals surface area contributed by atoms with Crippen molar-refractivity contribution in [2.75, 3.05) is 5.75 Å². The molecular formula is C45H42N6O8S. The lowest BCUT2D eigenvalue weighted by Gasteiger charge is -2.41. The Bertz CT molecular complexity index is 2450. The monoisotopic (exact) mass is 826 g/mol. The zero-order valence-electron chi connectivity index (χ0n) is 32.5. The van der Waals surface area contributed by atoms with Crippen LogP contribution in [-0.2, 0) is 43.6 Å². The van der Waals surface area contributed by atoms with E-state index in [1.165, 1.54) is 11.8 Å². The number of imide groups is 1. The molecule has 15 heteroatoms. The minimum Gasteiger partial charge on any atom is -0.508 e. The number of nitrogens with zero attached hydrogens (tertiary/aromatic N) is 5. The number of rotatable bonds is 13. The van der Waals surface area contributed by atoms with Gasteiger partial charge in [-0.1, -0.05) is 110 Å². The highest BCUT2D eigenvalue weighted by Gasteiger charge is 2.40. The molecule has 3 heterocycles. The molecule has 0 saturated carbocycles. The number of carbonyl (C=O) groups is 3. The molecule has 0 radical (unpaired) electrons. The maximum atomic E-state index is 13.3. The number of likely N-dealkylation sites (tertiary alicyclic amines) is 1. The van der Waals surface area contributed by atoms with Crippen molar-refractivity contribution in [2.45, 2.75) is 62.8 Å². The van der Waals surface area contributed by atoms with Gasteiger partial charge in [0.15, 0.2) is 6.29 Å². The zero-order valence-corrected chi connectivity index (χ0v) is 33.4. The summed E-state index contributed by atoms with van der Waals surface area (Å²) in [4.78, 5) is 39.9. The first kappa shape index (κ1) is 40.4. The topological polar surface area (TPSA) is 178 Å². The summed E-state index contributed by atoms with van der Waals surface area (Å²) in [6.45, 7) is 2.11. The molecule has 2 saturated heterocycles. The van der Waals surface area contributed by atoms with Crippen molar-refractivity contribution in [3.63, 3.8) is 0 Å². The molecule has 0 aliphatic carbocycles. The summed E-state index contributed by atoms with van der Waals surface area (Å²) in [5.41, 5.74) is 6.54. The molecule has 3 amide bonds. The van der Waals surface area contributed by atoms with E-state index in [9.17, 15) is 24.6 Å². The molecular weight excluding hydrogens is 785 g/mol. The number of aromatic nitrogens is 4. The number of aliphatic hydroxyl groups excluding tert-OH is 1. The van der Waals surface area contributed by atoms with E-state index in [1.54, 1.807) is 28.9 Å². The normalized spacial score (nSPS) is 20.3. The molecule has 5 aromatic carbocycles. The van der Waals surface area contributed by atoms with Gasteiger partial charge in [0.25, 0.3) is 5.91 Å². The van der Waals surface area contributed by atoms with Crippen LogP contribution >= 0.6 is 11.8 Å². The Morgan fingerprint density at radius 1 is 0.850 bits per heavy atom. The molecule has 0 spiro atoms. The number of carbonyl (C=O) groups excluding carboxylic acids is 3. The summed E-state index contributed by atoms with van der Waals surface area (Å²) in [7, 11) is 0. The number of tetrazole rings is 1. The zero-order chi connectivity index (χ0) is 41.6. The summed E-state index contributed by atoms with van der Waals surface area (Å²) in [5, 5.41) is 34.9. The standard InChI is InChI=1S/C45H42N6O8S/c1-28-39(27-60-44-47-48-49-51(44)36-17-19-37(53)20-18-36)58-43(59-41(28)32-15-13-29(25-52)14-16-32)35-12-6-11-34(22-35)33-10-5-9-31(21-33)24-50-40(54)23-38(42(50)55)46-45(56)57-26-30-7-3-2-4-8-30/h2-22,28,38-39,41,43,52-53H,23-27H2,1H3,(H,46,56)/t28-,38?,39+,41+,43+/m1/s1. The predicted octanol–water partition coefficient (Wildman–Crippen LogP) is 6.66. The quantitative estimate of drug-likeness (QED) is 0.0834. The van der Waals surface area contributed by atoms with Crippen molar-refractivity contribution in [2.24, 2.45) is 5.92 Å². The van der Waals surface area contributed by atoms with Crippen molar-refractivity contribution in [3.8, 4) is 22.6 Å². The fraction of sp³-hybridized carbons (Fsp3) is 0.244. The second-order valence-electron chi connectivity index (χ2n) is 14.6. The first-order valence-electron chi connectivity index (χ1n) is 19.4. The summed E-state index contributed by atoms with van der Waals surface area (Å²) in [6.07, 6.45) is -2.30. The summed E-state index contributed by atoms with van der Waals surface area (Å²) >= 11 is 1.45. The molecule has 6 aromatic rings. The molecule has 306 valence electrons. The molecule has 0 bridgehead atoms. The van der Waals surface area contributed by atoms with Gasteiger partial charge in [-0.25, -0.2) is 4.79 Å². The van der Waals surface area contributed by atoms with Crippen LogP contribution in [0.5, 0.6) is 5.75 Å². The van der Waals surface area contributed by atoms with Crippen molar-refractivity contribution >= 4 is 29.7 Å². The maximum Gasteiger partial charge on any atom is 0.408 e. The van der Waals surface area contributed by atoms with Crippen molar-refractivity contribution in [1.82, 2.24) is 30.4 Å². The van der Waals surface area contributed by atoms with Crippen LogP contribution in [0.15, 0.2) is 133 Å². The summed E-state index contributed by atoms with van der Waals surface area (Å²) in [6, 6.07) is 38.0. The van der Waals surface area contributed by atoms with E-state index in [2.05, 4.69) is 27.8 Å². The van der Waals surface area contributed by atoms with Gasteiger partial charge < -0.3 is 29.7 Å². The average Bonchev–Trinajstić information content (AvgIpc) is 3.86. The smallest absolute Gasteiger partial charge is 0.408 e. The first-order valence-corrected chi connectivity index (χ1v) is 20.4. The van der Waals surface area contributed by atoms with Crippen LogP contribution in [0.3, 0.4) is 0 Å². The number of thioether (sulfide) groups is 1. The third kappa shape index (κ3) is 9.24. The lowest BCUT2D eigenvalue weighted by molar-refractivity contribution is -0.268. The van der Waals surface area contributed by atoms with Crippen molar-refractivity contribution in [3.05, 3.63) is 155 Å². The molecule has 8 rings (SSSR count). The third-order valence-corrected chi connectivity index (χ3v) is 11.6. The van der Waals surface area contributed by atoms with E-state index in [4.69, 9.17) is 14.2 Å². The van der Waals surface area contributed by atoms with Crippen LogP contribution in [0.1, 0.15) is 53.6 Å². The Morgan fingerprint density at radius 3 is 2.35 bits per heavy atom. The SMILES string of the molecule is C[C@@H]1[C@H](CSc2nnnn2-c2ccc(O)cc2)O[C@H](c2cccc(-c3cccc(CN4C(=O)CC(NC(=O)OCc5ccccc5)C4=O)c3)c2)O[C@@H]1c1ccc(CO)cc1. The first-order chi connectivity index (χ1) is 29.2. The van der Waals surface area contributed by atoms with Crippen LogP contribution in [0.25, 0.3) is 16.8 Å². The van der Waals surface area contributed by atoms with Gasteiger partial charge in [0, 0.05) is 17.2 Å². The molecule has 14 nitrogen and oxygen atoms in total. The van der Waals surface area contributed by atoms with E-state index in [0.717, 1.165) is 43.8 Å². The maximum absolute atomic E-state index is 13.3. The molecule has 1 aromatic heterocycles. The van der Waals surface area contributed by atoms with Gasteiger partial charge in [0.05, 0.1) is 37.5 Å². The van der Waals surface area contributed by atoms with E-state index in [-0.39, 0.29) is 56.0 Å². The number of aromatic hydroxyl groups is 1. The molecule has 2 aliphatic rings. The van der Waals surface area contributed by atoms with Gasteiger partial charge in [-0.15, -0.1) is 5.10 Å². The number of phenolic OH excluding ortho intramolecular Hbond substituents is 1. The lowest BCUT2D eigenvalue weighted by Crippen LogP contribution is -2.41. The van der Waals surface area contributed by atoms with Crippen LogP contribution in [0.2, 0.25) is 0 Å². The fourth-order valence-corrected chi connectivity index (χ4v) is 8.31. The minimum atomic E-state index is -1.01. The average molecular weight is 827 g/mol. The van der Waals surface area contributed by atoms with E-state index in [1.807, 2.05) is 103 Å². The van der Waals surface area contributed by atoms with Gasteiger partial charge in [-0.05, 0) is 80.2 Å². The molecule has 2 fully saturated rings. The Hall–Kier alpha value is -6.39. The largest absolute Gasteiger partial charge is 0.508 e. The number of hydrogen-bond acceptors (Lipinski definition) is 12. The molecule has 1 unspecified atom stereocenters. The van der Waals surface area contributed by atoms with Crippen LogP contribution in [0.4, 0.5) is 4.79 Å². The number of phenols is 1. The molecule has 2 aliphatic heterocycles. The van der Waals surface area contributed by atoms with E-state index in [0.29, 0.717) is 16.6 Å². The minimum absolute atomic E-state index is 0.0430. The predicted molar refractivity (Wildman–Crippen MR) is 220 cm³/mol. The van der Waals surface area contributed by atoms with Gasteiger partial charge in [-0.3, -0.25) is 14.5 Å². The Balaban J connectivity index is 0.974. The highest BCUT2D eigenvalue weighted by molar-refractivity contribution is 7.99. The number of aliphatic hydroxyl groups is 1. The highest BCUT2D eigenvalue weighted by Crippen LogP contribution is 2.43. The van der Waals surface area contributed by atoms with Gasteiger partial charge in [0.1, 0.15) is 18.4 Å². The van der Waals surface area contributed by atoms with Gasteiger partial charge in [0.2, 0.25) is 11.1 Å². The number of nitrogens with one attached hydrogen (secondary N) is 1. The Labute approximate surface area is 350 Å². The van der Waals surface area contributed by atoms with E-state index < -0.39 is 24.3 Å². The second kappa shape index (κ2) is 18.3. The van der Waals surface area contributed by atoms with Crippen LogP contribution in [-0.4, -0.2) is 71.1 Å². The summed E-state index contributed by atoms with van der Waals surface area (Å²) in [5.74, 6) is -0.311. The Kier molecular flexibility index (Phi) is 12.3. The van der Waals surface area contributed by atoms with Crippen molar-refractivity contribution in [1.29, 1.82) is 0 Å². The number of hydrogen-bond donors (Lipinski definition) is 3. The fourth-order valence-electron chi connectivity index (χ4n) is 7.26. The lowest BCUT2D eigenvalue weighted by atomic mass is 9.91. The number of benzene rings is 5. The Morgan fingerprint density at radius 2 is 1.58 bits per heavy atom. The van der Waals surface area contributed by atoms with Crippen LogP contribution in [0, 0.1) is 5.92 Å². The van der Waals surface area contributed by atoms with Gasteiger partial charge >= 0.3 is 6.09 Å². The molecule has 5 atom stereocenters. The van der Waals surface area contributed by atoms with Crippen LogP contribution < -0.4 is 5.32 Å². The number of amides is 3. The number of ether oxygens (including phenoxy) is 3. The van der Waals surface area contributed by atoms with Crippen molar-refractivity contribution < 1.29 is 38.8 Å². The number of alkyl carbamates (subject to hydrolysis) is 1. The van der Waals surface area contributed by atoms with E-state index >= 15 is 0 Å². The molecule has 3 N–H and O–H groups in total. The summed E-state index contributed by atoms with van der Waals surface area (Å²) < 4.78 is 20.3. The highest BCUT2D eigenvalue weighted by atomic mass is 32.2. The third-order valence-electron chi connectivity index (χ3n) is 10.5. The van der Waals surface area contributed by atoms with Gasteiger partial charge in [-0.2, -0.15) is 4.68 Å². The molecule has 60 heavy (non-hydrogen) atoms.